The maximum absolute atomic E-state index is 7.27. The fourth-order valence-electron chi connectivity index (χ4n) is 1.33. The molecule has 5 aromatic heterocycles. The molecule has 0 fully saturated rings. The van der Waals surface area contributed by atoms with Gasteiger partial charge in [-0.1, -0.05) is 6.57 Å². The molecule has 0 aliphatic heterocycles. The maximum Gasteiger partial charge on any atom is 1.00 e. The number of nitrogens with two attached hydrogens (primary N) is 2. The fraction of sp³-hybridized carbons (Fsp3) is 0. The van der Waals surface area contributed by atoms with Crippen molar-refractivity contribution >= 4 is 18.4 Å². The number of nitrogens with zero attached hydrogens (tertiary/aromatic N) is 30. The number of tetrazole rings is 5. The Labute approximate surface area is 393 Å². The second-order valence-corrected chi connectivity index (χ2v) is 4.48. The van der Waals surface area contributed by atoms with E-state index in [1.54, 1.807) is 0 Å². The molecule has 9 N–H and O–H groups in total. The molecule has 50 heavy (non-hydrogen) atoms. The first-order valence-electron chi connectivity index (χ1n) is 8.63. The molecular weight excluding hydrogens is 753 g/mol. The summed E-state index contributed by atoms with van der Waals surface area (Å²) >= 11 is 0. The summed E-state index contributed by atoms with van der Waals surface area (Å²) in [6, 6.07) is 0. The topological polar surface area (TPSA) is 547 Å². The third kappa shape index (κ3) is 36.0. The monoisotopic (exact) mass is 763 g/mol. The SMILES string of the molecule is C#N.Cl.N.Nn1nnnc1-c1nnnn1N.OO.[C-]#[N+]C#N.[C-]#[N+]c1nnn[n-]1.[N-]=[N+]=[N-].[N-]=[N+]=[N-].[Na+].[Na+].[Na+].[Na+].[Na+].n1n[n-]c(-c2nnn[n-]2)n1. The number of hydrogen-bond acceptors (Lipinski definition) is 22. The van der Waals surface area contributed by atoms with Crippen molar-refractivity contribution in [2.24, 2.45) is 0 Å². The van der Waals surface area contributed by atoms with Crippen molar-refractivity contribution in [3.8, 4) is 36.1 Å². The van der Waals surface area contributed by atoms with Crippen molar-refractivity contribution in [3.05, 3.63) is 54.8 Å². The number of rotatable bonds is 2. The molecule has 236 valence electrons. The molecule has 35 nitrogen and oxygen atoms in total. The Balaban J connectivity index is -0.0000000486. The van der Waals surface area contributed by atoms with Crippen molar-refractivity contribution in [3.63, 3.8) is 0 Å². The van der Waals surface area contributed by atoms with E-state index in [4.69, 9.17) is 68.0 Å². The molecule has 5 aromatic rings. The van der Waals surface area contributed by atoms with Crippen LogP contribution in [-0.4, -0.2) is 97.7 Å². The van der Waals surface area contributed by atoms with E-state index in [0.29, 0.717) is 0 Å². The van der Waals surface area contributed by atoms with Gasteiger partial charge < -0.3 is 59.8 Å². The molecule has 0 aliphatic carbocycles. The second-order valence-electron chi connectivity index (χ2n) is 4.48. The van der Waals surface area contributed by atoms with Crippen LogP contribution < -0.4 is 181 Å². The molecule has 0 saturated carbocycles. The van der Waals surface area contributed by atoms with Gasteiger partial charge in [0.25, 0.3) is 0 Å². The van der Waals surface area contributed by atoms with E-state index < -0.39 is 0 Å². The normalized spacial score (nSPS) is 6.26. The van der Waals surface area contributed by atoms with Crippen molar-refractivity contribution in [2.75, 3.05) is 11.7 Å². The van der Waals surface area contributed by atoms with Gasteiger partial charge in [-0.25, -0.2) is 11.8 Å². The van der Waals surface area contributed by atoms with Crippen molar-refractivity contribution in [2.45, 2.75) is 0 Å². The number of nitrogen functional groups attached to an aromatic ring is 2. The largest absolute Gasteiger partial charge is 1.00 e. The predicted octanol–water partition coefficient (Wildman–Crippen LogP) is -18.3. The molecule has 0 atom stereocenters. The first-order chi connectivity index (χ1) is 20.9. The summed E-state index contributed by atoms with van der Waals surface area (Å²) in [5.74, 6) is 11.5. The standard InChI is InChI=1S/C2H4N10.C2N8.C2N5.C2N2.CHN.ClH.2N3.H3N.5Na.H2O2/c3-11-1(5-7-9-11)2-6-8-10-12(2)4;3-1(4-8-7-3)2-5-9-10-6-2;1-3-2-4-6-7-5-2;1-4-2-3;1-2;;2*1-3-2;;;;;;;1-2/h3-4H2;;;;1H;1H;;;1H3;;;;;;1-2H/q;-2;-1;;;;2*-1;;5*+1;. The van der Waals surface area contributed by atoms with Crippen molar-refractivity contribution in [1.29, 1.82) is 10.5 Å². The van der Waals surface area contributed by atoms with E-state index in [1.807, 2.05) is 0 Å². The van der Waals surface area contributed by atoms with Crippen LogP contribution >= 0.6 is 12.4 Å². The van der Waals surface area contributed by atoms with Gasteiger partial charge in [-0.15, -0.1) is 32.2 Å². The average molecular weight is 764 g/mol. The van der Waals surface area contributed by atoms with E-state index in [-0.39, 0.29) is 196 Å². The molecule has 0 radical (unpaired) electrons. The van der Waals surface area contributed by atoms with Crippen LogP contribution in [0.5, 0.6) is 0 Å². The van der Waals surface area contributed by atoms with Crippen LogP contribution in [0.3, 0.4) is 0 Å². The smallest absolute Gasteiger partial charge is 0.533 e. The van der Waals surface area contributed by atoms with Gasteiger partial charge in [-0.3, -0.25) is 41.0 Å². The van der Waals surface area contributed by atoms with Crippen LogP contribution in [-0.2, 0) is 0 Å². The Morgan fingerprint density at radius 1 is 0.680 bits per heavy atom. The summed E-state index contributed by atoms with van der Waals surface area (Å²) in [5.41, 5.74) is 27.0. The summed E-state index contributed by atoms with van der Waals surface area (Å²) in [6.45, 7) is 15.5. The van der Waals surface area contributed by atoms with Gasteiger partial charge in [0.2, 0.25) is 11.6 Å². The van der Waals surface area contributed by atoms with Gasteiger partial charge >= 0.3 is 154 Å². The van der Waals surface area contributed by atoms with Crippen molar-refractivity contribution < 1.29 is 158 Å². The van der Waals surface area contributed by atoms with Gasteiger partial charge in [0.05, 0.1) is 0 Å². The molecule has 0 spiro atoms. The Hall–Kier alpha value is -3.30. The summed E-state index contributed by atoms with van der Waals surface area (Å²) in [7, 11) is 0. The van der Waals surface area contributed by atoms with Gasteiger partial charge in [-0.05, 0) is 31.3 Å². The molecule has 5 heterocycles. The van der Waals surface area contributed by atoms with Gasteiger partial charge in [-0.2, -0.15) is 20.6 Å². The zero-order valence-corrected chi connectivity index (χ0v) is 37.0. The Kier molecular flexibility index (Phi) is 79.8. The third-order valence-corrected chi connectivity index (χ3v) is 2.48. The molecule has 0 bridgehead atoms. The summed E-state index contributed by atoms with van der Waals surface area (Å²) in [4.78, 5) is 9.98. The number of halogens is 1. The van der Waals surface area contributed by atoms with Crippen LogP contribution in [0.1, 0.15) is 0 Å². The van der Waals surface area contributed by atoms with Crippen LogP contribution in [0, 0.1) is 36.4 Å². The fourth-order valence-corrected chi connectivity index (χ4v) is 1.33. The Morgan fingerprint density at radius 3 is 1.14 bits per heavy atom. The zero-order valence-electron chi connectivity index (χ0n) is 26.2. The molecule has 0 saturated heterocycles. The molecule has 5 rings (SSSR count). The van der Waals surface area contributed by atoms with Crippen molar-refractivity contribution in [1.82, 2.24) is 109 Å². The molecule has 0 aliphatic rings. The zero-order chi connectivity index (χ0) is 33.3. The quantitative estimate of drug-likeness (QED) is 0.0128. The number of hydrogen-bond donors (Lipinski definition) is 5. The Morgan fingerprint density at radius 2 is 0.980 bits per heavy atom. The van der Waals surface area contributed by atoms with Gasteiger partial charge in [0.15, 0.2) is 5.95 Å². The van der Waals surface area contributed by atoms with Gasteiger partial charge in [0.1, 0.15) is 0 Å². The maximum atomic E-state index is 7.27. The van der Waals surface area contributed by atoms with E-state index in [9.17, 15) is 0 Å². The minimum atomic E-state index is 0. The summed E-state index contributed by atoms with van der Waals surface area (Å²) in [5, 5.41) is 85.6. The van der Waals surface area contributed by atoms with Crippen LogP contribution in [0.2, 0.25) is 0 Å². The molecule has 0 unspecified atom stereocenters. The first-order valence-corrected chi connectivity index (χ1v) is 8.63. The molecule has 0 aromatic carbocycles. The Bertz CT molecular complexity index is 1470. The minimum Gasteiger partial charge on any atom is -0.533 e. The minimum absolute atomic E-state index is 0. The predicted molar refractivity (Wildman–Crippen MR) is 136 cm³/mol. The third-order valence-electron chi connectivity index (χ3n) is 2.48. The van der Waals surface area contributed by atoms with E-state index in [0.717, 1.165) is 9.58 Å². The number of aromatic nitrogens is 20. The summed E-state index contributed by atoms with van der Waals surface area (Å²) in [6.07, 6.45) is 1.22. The molecule has 41 heteroatoms. The number of nitriles is 2. The van der Waals surface area contributed by atoms with E-state index in [1.165, 1.54) is 16.0 Å². The van der Waals surface area contributed by atoms with Crippen LogP contribution in [0.15, 0.2) is 0 Å². The first kappa shape index (κ1) is 72.4. The molecule has 0 amide bonds. The molecular formula is C9H11ClN33Na5O2. The van der Waals surface area contributed by atoms with Crippen LogP contribution in [0.25, 0.3) is 64.9 Å². The average Bonchev–Trinajstić information content (AvgIpc) is 3.88. The van der Waals surface area contributed by atoms with E-state index in [2.05, 4.69) is 109 Å². The van der Waals surface area contributed by atoms with Crippen LogP contribution in [0.4, 0.5) is 5.95 Å². The second kappa shape index (κ2) is 55.1. The summed E-state index contributed by atoms with van der Waals surface area (Å²) < 4.78 is 0. The van der Waals surface area contributed by atoms with Gasteiger partial charge in [0, 0.05) is 23.5 Å². The van der Waals surface area contributed by atoms with E-state index >= 15 is 0 Å².